The van der Waals surface area contributed by atoms with Crippen molar-refractivity contribution in [3.63, 3.8) is 0 Å². The Labute approximate surface area is 85.0 Å². The first kappa shape index (κ1) is 13.4. The Hall–Kier alpha value is -0.620. The third-order valence-corrected chi connectivity index (χ3v) is 2.54. The monoisotopic (exact) mass is 222 g/mol. The minimum atomic E-state index is -3.22. The molecule has 0 fully saturated rings. The number of amides is 1. The summed E-state index contributed by atoms with van der Waals surface area (Å²) in [5.41, 5.74) is 5.62. The van der Waals surface area contributed by atoms with Gasteiger partial charge in [-0.15, -0.1) is 0 Å². The molecule has 0 radical (unpaired) electrons. The molecule has 0 rings (SSSR count). The van der Waals surface area contributed by atoms with E-state index in [0.29, 0.717) is 13.0 Å². The molecule has 0 aromatic rings. The first-order valence-electron chi connectivity index (χ1n) is 4.55. The number of sulfone groups is 1. The maximum absolute atomic E-state index is 11.0. The minimum Gasteiger partial charge on any atom is -0.355 e. The van der Waals surface area contributed by atoms with Gasteiger partial charge in [0.2, 0.25) is 5.91 Å². The predicted octanol–water partition coefficient (Wildman–Crippen LogP) is -0.725. The van der Waals surface area contributed by atoms with Crippen molar-refractivity contribution in [1.82, 2.24) is 5.32 Å². The van der Waals surface area contributed by atoms with Crippen LogP contribution in [0.15, 0.2) is 0 Å². The average molecular weight is 222 g/mol. The van der Waals surface area contributed by atoms with Crippen LogP contribution in [-0.4, -0.2) is 38.9 Å². The fourth-order valence-electron chi connectivity index (χ4n) is 0.890. The summed E-state index contributed by atoms with van der Waals surface area (Å²) in [4.78, 5) is 11.0. The van der Waals surface area contributed by atoms with Crippen LogP contribution in [-0.2, 0) is 14.6 Å². The number of nitrogens with two attached hydrogens (primary N) is 1. The second kappa shape index (κ2) is 5.98. The lowest BCUT2D eigenvalue weighted by Gasteiger charge is -2.08. The van der Waals surface area contributed by atoms with Crippen LogP contribution in [0.3, 0.4) is 0 Å². The standard InChI is InChI=1S/C8H18N2O3S/c1-3-7(9)4-5-10-8(11)6-14(2,12)13/h7H,3-6,9H2,1-2H3,(H,10,11). The van der Waals surface area contributed by atoms with E-state index in [-0.39, 0.29) is 6.04 Å². The molecule has 3 N–H and O–H groups in total. The zero-order valence-corrected chi connectivity index (χ0v) is 9.43. The molecule has 1 unspecified atom stereocenters. The highest BCUT2D eigenvalue weighted by molar-refractivity contribution is 7.91. The molecule has 0 saturated carbocycles. The van der Waals surface area contributed by atoms with Crippen LogP contribution in [0.1, 0.15) is 19.8 Å². The Kier molecular flexibility index (Phi) is 5.71. The third-order valence-electron chi connectivity index (χ3n) is 1.75. The Bertz CT molecular complexity index is 274. The maximum atomic E-state index is 11.0. The van der Waals surface area contributed by atoms with Crippen molar-refractivity contribution in [2.24, 2.45) is 5.73 Å². The first-order valence-corrected chi connectivity index (χ1v) is 6.61. The lowest BCUT2D eigenvalue weighted by molar-refractivity contribution is -0.118. The summed E-state index contributed by atoms with van der Waals surface area (Å²) in [5, 5.41) is 2.51. The highest BCUT2D eigenvalue weighted by Crippen LogP contribution is 1.91. The fraction of sp³-hybridized carbons (Fsp3) is 0.875. The van der Waals surface area contributed by atoms with Gasteiger partial charge >= 0.3 is 0 Å². The molecular weight excluding hydrogens is 204 g/mol. The van der Waals surface area contributed by atoms with Gasteiger partial charge in [-0.1, -0.05) is 6.92 Å². The van der Waals surface area contributed by atoms with Crippen molar-refractivity contribution in [2.75, 3.05) is 18.6 Å². The summed E-state index contributed by atoms with van der Waals surface area (Å²) in [6.45, 7) is 2.40. The number of rotatable bonds is 6. The quantitative estimate of drug-likeness (QED) is 0.620. The lowest BCUT2D eigenvalue weighted by Crippen LogP contribution is -2.33. The molecular formula is C8H18N2O3S. The van der Waals surface area contributed by atoms with Gasteiger partial charge in [0.1, 0.15) is 5.75 Å². The highest BCUT2D eigenvalue weighted by atomic mass is 32.2. The zero-order chi connectivity index (χ0) is 11.2. The van der Waals surface area contributed by atoms with Gasteiger partial charge in [0, 0.05) is 18.8 Å². The van der Waals surface area contributed by atoms with Crippen LogP contribution in [0.4, 0.5) is 0 Å². The zero-order valence-electron chi connectivity index (χ0n) is 8.62. The van der Waals surface area contributed by atoms with Gasteiger partial charge in [-0.3, -0.25) is 4.79 Å². The van der Waals surface area contributed by atoms with Crippen LogP contribution in [0.2, 0.25) is 0 Å². The molecule has 1 amide bonds. The number of hydrogen-bond donors (Lipinski definition) is 2. The molecule has 0 aromatic carbocycles. The maximum Gasteiger partial charge on any atom is 0.235 e. The summed E-state index contributed by atoms with van der Waals surface area (Å²) in [7, 11) is -3.22. The normalized spacial score (nSPS) is 13.6. The number of carbonyl (C=O) groups excluding carboxylic acids is 1. The van der Waals surface area contributed by atoms with Gasteiger partial charge < -0.3 is 11.1 Å². The number of hydrogen-bond acceptors (Lipinski definition) is 4. The van der Waals surface area contributed by atoms with Crippen molar-refractivity contribution < 1.29 is 13.2 Å². The molecule has 0 heterocycles. The molecule has 0 aromatic heterocycles. The van der Waals surface area contributed by atoms with E-state index in [1.807, 2.05) is 6.92 Å². The van der Waals surface area contributed by atoms with E-state index in [2.05, 4.69) is 5.32 Å². The second-order valence-electron chi connectivity index (χ2n) is 3.38. The molecule has 0 aliphatic rings. The first-order chi connectivity index (χ1) is 6.35. The largest absolute Gasteiger partial charge is 0.355 e. The third kappa shape index (κ3) is 8.00. The van der Waals surface area contributed by atoms with E-state index in [0.717, 1.165) is 12.7 Å². The van der Waals surface area contributed by atoms with E-state index in [9.17, 15) is 13.2 Å². The summed E-state index contributed by atoms with van der Waals surface area (Å²) in [6, 6.07) is 0.0635. The molecule has 0 aliphatic carbocycles. The van der Waals surface area contributed by atoms with Crippen molar-refractivity contribution in [3.8, 4) is 0 Å². The van der Waals surface area contributed by atoms with Gasteiger partial charge in [-0.2, -0.15) is 0 Å². The van der Waals surface area contributed by atoms with Gasteiger partial charge in [0.15, 0.2) is 9.84 Å². The Morgan fingerprint density at radius 1 is 1.50 bits per heavy atom. The molecule has 0 spiro atoms. The molecule has 0 bridgehead atoms. The van der Waals surface area contributed by atoms with Crippen LogP contribution in [0, 0.1) is 0 Å². The van der Waals surface area contributed by atoms with Gasteiger partial charge in [0.05, 0.1) is 0 Å². The Morgan fingerprint density at radius 3 is 2.50 bits per heavy atom. The van der Waals surface area contributed by atoms with E-state index >= 15 is 0 Å². The SMILES string of the molecule is CCC(N)CCNC(=O)CS(C)(=O)=O. The van der Waals surface area contributed by atoms with Crippen LogP contribution in [0.5, 0.6) is 0 Å². The van der Waals surface area contributed by atoms with Crippen LogP contribution >= 0.6 is 0 Å². The molecule has 5 nitrogen and oxygen atoms in total. The highest BCUT2D eigenvalue weighted by Gasteiger charge is 2.10. The van der Waals surface area contributed by atoms with Gasteiger partial charge in [0.25, 0.3) is 0 Å². The molecule has 6 heteroatoms. The van der Waals surface area contributed by atoms with Crippen molar-refractivity contribution >= 4 is 15.7 Å². The van der Waals surface area contributed by atoms with E-state index in [4.69, 9.17) is 5.73 Å². The summed E-state index contributed by atoms with van der Waals surface area (Å²) in [5.74, 6) is -0.912. The summed E-state index contributed by atoms with van der Waals surface area (Å²) >= 11 is 0. The molecule has 0 saturated heterocycles. The number of nitrogens with one attached hydrogen (secondary N) is 1. The van der Waals surface area contributed by atoms with Crippen molar-refractivity contribution in [2.45, 2.75) is 25.8 Å². The minimum absolute atomic E-state index is 0.0635. The summed E-state index contributed by atoms with van der Waals surface area (Å²) in [6.07, 6.45) is 2.55. The fourth-order valence-corrected chi connectivity index (χ4v) is 1.47. The van der Waals surface area contributed by atoms with Crippen molar-refractivity contribution in [3.05, 3.63) is 0 Å². The van der Waals surface area contributed by atoms with E-state index in [1.54, 1.807) is 0 Å². The molecule has 1 atom stereocenters. The van der Waals surface area contributed by atoms with Crippen molar-refractivity contribution in [1.29, 1.82) is 0 Å². The van der Waals surface area contributed by atoms with E-state index in [1.165, 1.54) is 0 Å². The van der Waals surface area contributed by atoms with Gasteiger partial charge in [-0.25, -0.2) is 8.42 Å². The number of carbonyl (C=O) groups is 1. The average Bonchev–Trinajstić information content (AvgIpc) is 2.00. The topological polar surface area (TPSA) is 89.3 Å². The summed E-state index contributed by atoms with van der Waals surface area (Å²) < 4.78 is 21.4. The smallest absolute Gasteiger partial charge is 0.235 e. The van der Waals surface area contributed by atoms with Gasteiger partial charge in [-0.05, 0) is 12.8 Å². The Balaban J connectivity index is 3.66. The lowest BCUT2D eigenvalue weighted by atomic mass is 10.2. The van der Waals surface area contributed by atoms with E-state index < -0.39 is 21.5 Å². The molecule has 84 valence electrons. The van der Waals surface area contributed by atoms with Crippen LogP contribution in [0.25, 0.3) is 0 Å². The van der Waals surface area contributed by atoms with Crippen LogP contribution < -0.4 is 11.1 Å². The predicted molar refractivity (Wildman–Crippen MR) is 55.6 cm³/mol. The molecule has 0 aliphatic heterocycles. The second-order valence-corrected chi connectivity index (χ2v) is 5.52. The molecule has 14 heavy (non-hydrogen) atoms. The Morgan fingerprint density at radius 2 is 2.07 bits per heavy atom.